The molecule has 0 N–H and O–H groups in total. The number of thiazole rings is 1. The van der Waals surface area contributed by atoms with E-state index in [1.165, 1.54) is 17.0 Å². The number of benzene rings is 2. The number of hydrogen-bond donors (Lipinski definition) is 0. The Labute approximate surface area is 175 Å². The largest absolute Gasteiger partial charge is 0.422 e. The third kappa shape index (κ3) is 3.62. The van der Waals surface area contributed by atoms with E-state index in [-0.39, 0.29) is 5.63 Å². The highest BCUT2D eigenvalue weighted by Gasteiger charge is 2.13. The number of rotatable bonds is 5. The highest BCUT2D eigenvalue weighted by atomic mass is 79.9. The van der Waals surface area contributed by atoms with Gasteiger partial charge in [-0.1, -0.05) is 28.1 Å². The molecule has 2 aromatic heterocycles. The van der Waals surface area contributed by atoms with E-state index >= 15 is 0 Å². The van der Waals surface area contributed by atoms with Gasteiger partial charge in [-0.25, -0.2) is 9.78 Å². The summed E-state index contributed by atoms with van der Waals surface area (Å²) >= 11 is 4.91. The van der Waals surface area contributed by atoms with Gasteiger partial charge >= 0.3 is 5.63 Å². The van der Waals surface area contributed by atoms with Crippen LogP contribution in [0.25, 0.3) is 32.8 Å². The van der Waals surface area contributed by atoms with Crippen LogP contribution in [0.3, 0.4) is 0 Å². The lowest BCUT2D eigenvalue weighted by atomic mass is 10.1. The molecular formula is C22H19BrN2O2S. The summed E-state index contributed by atoms with van der Waals surface area (Å²) in [5.74, 6) is 0. The maximum Gasteiger partial charge on any atom is 0.346 e. The molecule has 0 spiro atoms. The third-order valence-corrected chi connectivity index (χ3v) is 6.09. The first-order chi connectivity index (χ1) is 13.6. The van der Waals surface area contributed by atoms with Crippen molar-refractivity contribution in [3.05, 3.63) is 68.8 Å². The maximum atomic E-state index is 12.4. The molecule has 0 unspecified atom stereocenters. The van der Waals surface area contributed by atoms with Crippen molar-refractivity contribution in [3.8, 4) is 21.8 Å². The van der Waals surface area contributed by atoms with Gasteiger partial charge in [-0.05, 0) is 50.2 Å². The Balaban J connectivity index is 1.69. The van der Waals surface area contributed by atoms with E-state index in [0.29, 0.717) is 16.2 Å². The molecule has 6 heteroatoms. The summed E-state index contributed by atoms with van der Waals surface area (Å²) in [5.41, 5.74) is 3.78. The average Bonchev–Trinajstić information content (AvgIpc) is 3.19. The van der Waals surface area contributed by atoms with Crippen molar-refractivity contribution >= 4 is 43.9 Å². The Morgan fingerprint density at radius 1 is 1.07 bits per heavy atom. The quantitative estimate of drug-likeness (QED) is 0.337. The molecule has 0 bridgehead atoms. The van der Waals surface area contributed by atoms with Crippen LogP contribution in [-0.2, 0) is 0 Å². The molecular weight excluding hydrogens is 436 g/mol. The topological polar surface area (TPSA) is 46.3 Å². The van der Waals surface area contributed by atoms with Crippen molar-refractivity contribution < 1.29 is 4.42 Å². The molecule has 0 fully saturated rings. The van der Waals surface area contributed by atoms with Crippen LogP contribution in [0, 0.1) is 0 Å². The zero-order chi connectivity index (χ0) is 19.7. The fourth-order valence-electron chi connectivity index (χ4n) is 3.21. The van der Waals surface area contributed by atoms with E-state index < -0.39 is 0 Å². The van der Waals surface area contributed by atoms with Gasteiger partial charge in [0, 0.05) is 39.6 Å². The van der Waals surface area contributed by atoms with Crippen molar-refractivity contribution in [2.24, 2.45) is 0 Å². The lowest BCUT2D eigenvalue weighted by Crippen LogP contribution is -2.21. The van der Waals surface area contributed by atoms with Crippen LogP contribution in [0.15, 0.2) is 67.6 Å². The van der Waals surface area contributed by atoms with E-state index in [2.05, 4.69) is 63.9 Å². The fraction of sp³-hybridized carbons (Fsp3) is 0.182. The Morgan fingerprint density at radius 2 is 1.82 bits per heavy atom. The molecule has 0 radical (unpaired) electrons. The predicted molar refractivity (Wildman–Crippen MR) is 120 cm³/mol. The molecule has 0 saturated heterocycles. The Morgan fingerprint density at radius 3 is 2.54 bits per heavy atom. The highest BCUT2D eigenvalue weighted by Crippen LogP contribution is 2.30. The first-order valence-corrected chi connectivity index (χ1v) is 10.8. The zero-order valence-electron chi connectivity index (χ0n) is 15.6. The SMILES string of the molecule is CCN(CC)c1ccc(-c2csc(-c3cc4cc(Br)ccc4oc3=O)n2)cc1. The van der Waals surface area contributed by atoms with Crippen LogP contribution in [0.4, 0.5) is 5.69 Å². The first kappa shape index (κ1) is 18.9. The number of anilines is 1. The van der Waals surface area contributed by atoms with Crippen molar-refractivity contribution in [2.75, 3.05) is 18.0 Å². The molecule has 4 nitrogen and oxygen atoms in total. The summed E-state index contributed by atoms with van der Waals surface area (Å²) in [7, 11) is 0. The van der Waals surface area contributed by atoms with Gasteiger partial charge in [0.2, 0.25) is 0 Å². The van der Waals surface area contributed by atoms with Crippen LogP contribution < -0.4 is 10.5 Å². The van der Waals surface area contributed by atoms with E-state index in [1.807, 2.05) is 23.6 Å². The molecule has 4 aromatic rings. The Kier molecular flexibility index (Phi) is 5.33. The molecule has 0 saturated carbocycles. The number of hydrogen-bond acceptors (Lipinski definition) is 5. The van der Waals surface area contributed by atoms with Gasteiger partial charge in [0.25, 0.3) is 0 Å². The van der Waals surface area contributed by atoms with Crippen LogP contribution >= 0.6 is 27.3 Å². The second-order valence-electron chi connectivity index (χ2n) is 6.39. The van der Waals surface area contributed by atoms with Crippen molar-refractivity contribution in [1.82, 2.24) is 4.98 Å². The van der Waals surface area contributed by atoms with Gasteiger partial charge in [0.15, 0.2) is 0 Å². The molecule has 0 atom stereocenters. The summed E-state index contributed by atoms with van der Waals surface area (Å²) in [6.07, 6.45) is 0. The first-order valence-electron chi connectivity index (χ1n) is 9.13. The molecule has 4 rings (SSSR count). The maximum absolute atomic E-state index is 12.4. The summed E-state index contributed by atoms with van der Waals surface area (Å²) < 4.78 is 6.41. The van der Waals surface area contributed by atoms with E-state index in [0.717, 1.165) is 34.2 Å². The summed E-state index contributed by atoms with van der Waals surface area (Å²) in [5, 5.41) is 3.51. The Hall–Kier alpha value is -2.44. The van der Waals surface area contributed by atoms with Crippen molar-refractivity contribution in [3.63, 3.8) is 0 Å². The molecule has 2 heterocycles. The molecule has 28 heavy (non-hydrogen) atoms. The molecule has 2 aromatic carbocycles. The number of nitrogens with zero attached hydrogens (tertiary/aromatic N) is 2. The molecule has 0 aliphatic carbocycles. The monoisotopic (exact) mass is 454 g/mol. The van der Waals surface area contributed by atoms with Gasteiger partial charge in [0.05, 0.1) is 11.3 Å². The van der Waals surface area contributed by atoms with Crippen LogP contribution in [0.1, 0.15) is 13.8 Å². The predicted octanol–water partition coefficient (Wildman–Crippen LogP) is 6.19. The second kappa shape index (κ2) is 7.89. The molecule has 142 valence electrons. The molecule has 0 amide bonds. The Bertz CT molecular complexity index is 1180. The fourth-order valence-corrected chi connectivity index (χ4v) is 4.42. The zero-order valence-corrected chi connectivity index (χ0v) is 18.0. The normalized spacial score (nSPS) is 11.1. The van der Waals surface area contributed by atoms with Crippen LogP contribution in [0.2, 0.25) is 0 Å². The minimum absolute atomic E-state index is 0.368. The van der Waals surface area contributed by atoms with Crippen molar-refractivity contribution in [1.29, 1.82) is 0 Å². The molecule has 0 aliphatic heterocycles. The summed E-state index contributed by atoms with van der Waals surface area (Å²) in [4.78, 5) is 19.4. The lowest BCUT2D eigenvalue weighted by Gasteiger charge is -2.20. The van der Waals surface area contributed by atoms with Gasteiger partial charge in [-0.15, -0.1) is 11.3 Å². The van der Waals surface area contributed by atoms with Gasteiger partial charge in [-0.2, -0.15) is 0 Å². The standard InChI is InChI=1S/C22H19BrN2O2S/c1-3-25(4-2)17-8-5-14(6-9-17)19-13-28-21(24-19)18-12-15-11-16(23)7-10-20(15)27-22(18)26/h5-13H,3-4H2,1-2H3. The van der Waals surface area contributed by atoms with Gasteiger partial charge in [0.1, 0.15) is 10.6 Å². The molecule has 0 aliphatic rings. The summed E-state index contributed by atoms with van der Waals surface area (Å²) in [6.45, 7) is 6.25. The van der Waals surface area contributed by atoms with Crippen molar-refractivity contribution in [2.45, 2.75) is 13.8 Å². The number of fused-ring (bicyclic) bond motifs is 1. The van der Waals surface area contributed by atoms with Crippen LogP contribution in [-0.4, -0.2) is 18.1 Å². The smallest absolute Gasteiger partial charge is 0.346 e. The van der Waals surface area contributed by atoms with Gasteiger partial charge in [-0.3, -0.25) is 0 Å². The number of aromatic nitrogens is 1. The van der Waals surface area contributed by atoms with Crippen LogP contribution in [0.5, 0.6) is 0 Å². The number of halogens is 1. The minimum Gasteiger partial charge on any atom is -0.422 e. The lowest BCUT2D eigenvalue weighted by molar-refractivity contribution is 0.563. The summed E-state index contributed by atoms with van der Waals surface area (Å²) in [6, 6.07) is 15.8. The van der Waals surface area contributed by atoms with E-state index in [9.17, 15) is 4.79 Å². The second-order valence-corrected chi connectivity index (χ2v) is 8.16. The minimum atomic E-state index is -0.368. The van der Waals surface area contributed by atoms with E-state index in [4.69, 9.17) is 4.42 Å². The van der Waals surface area contributed by atoms with E-state index in [1.54, 1.807) is 6.07 Å². The van der Waals surface area contributed by atoms with Gasteiger partial charge < -0.3 is 9.32 Å². The highest BCUT2D eigenvalue weighted by molar-refractivity contribution is 9.10. The third-order valence-electron chi connectivity index (χ3n) is 4.72. The average molecular weight is 455 g/mol.